The highest BCUT2D eigenvalue weighted by Crippen LogP contribution is 2.24. The Morgan fingerprint density at radius 3 is 2.35 bits per heavy atom. The lowest BCUT2D eigenvalue weighted by atomic mass is 10.0. The van der Waals surface area contributed by atoms with Crippen molar-refractivity contribution < 1.29 is 19.2 Å². The van der Waals surface area contributed by atoms with E-state index in [0.29, 0.717) is 69.8 Å². The van der Waals surface area contributed by atoms with Crippen LogP contribution in [0.3, 0.4) is 0 Å². The highest BCUT2D eigenvalue weighted by atomic mass is 32.1. The lowest BCUT2D eigenvalue weighted by Crippen LogP contribution is -2.54. The summed E-state index contributed by atoms with van der Waals surface area (Å²) < 4.78 is 0. The van der Waals surface area contributed by atoms with E-state index in [-0.39, 0.29) is 35.7 Å². The molecule has 0 saturated carbocycles. The highest BCUT2D eigenvalue weighted by Gasteiger charge is 2.38. The minimum Gasteiger partial charge on any atom is -0.375 e. The first-order valence-corrected chi connectivity index (χ1v) is 13.1. The molecule has 34 heavy (non-hydrogen) atoms. The Bertz CT molecular complexity index is 928. The van der Waals surface area contributed by atoms with E-state index in [9.17, 15) is 19.2 Å². The molecule has 1 aromatic heterocycles. The fraction of sp³-hybridized carbons (Fsp3) is 0.696. The van der Waals surface area contributed by atoms with Crippen LogP contribution in [-0.4, -0.2) is 87.6 Å². The number of likely N-dealkylation sites (tertiary alicyclic amines) is 3. The van der Waals surface area contributed by atoms with Crippen LogP contribution in [0.15, 0.2) is 5.38 Å². The molecule has 0 spiro atoms. The van der Waals surface area contributed by atoms with Crippen LogP contribution >= 0.6 is 11.3 Å². The van der Waals surface area contributed by atoms with Crippen molar-refractivity contribution in [3.05, 3.63) is 11.1 Å². The van der Waals surface area contributed by atoms with Crippen molar-refractivity contribution in [3.8, 4) is 0 Å². The third-order valence-corrected chi connectivity index (χ3v) is 7.86. The zero-order valence-electron chi connectivity index (χ0n) is 19.7. The third kappa shape index (κ3) is 5.51. The van der Waals surface area contributed by atoms with Gasteiger partial charge in [-0.1, -0.05) is 0 Å². The predicted octanol–water partition coefficient (Wildman–Crippen LogP) is 0.767. The van der Waals surface area contributed by atoms with Crippen LogP contribution in [0.2, 0.25) is 0 Å². The van der Waals surface area contributed by atoms with Crippen LogP contribution in [0.25, 0.3) is 0 Å². The number of aromatic nitrogens is 1. The largest absolute Gasteiger partial charge is 0.375 e. The van der Waals surface area contributed by atoms with Crippen molar-refractivity contribution in [1.82, 2.24) is 25.0 Å². The fourth-order valence-electron chi connectivity index (χ4n) is 5.31. The van der Waals surface area contributed by atoms with E-state index in [1.165, 1.54) is 18.3 Å². The molecule has 3 saturated heterocycles. The molecule has 3 aliphatic rings. The summed E-state index contributed by atoms with van der Waals surface area (Å²) in [6.45, 7) is 3.86. The Hall–Kier alpha value is -2.69. The number of nitrogens with one attached hydrogen (secondary N) is 1. The topological polar surface area (TPSA) is 129 Å². The maximum absolute atomic E-state index is 13.2. The number of nitrogens with zero attached hydrogens (tertiary/aromatic N) is 4. The SMILES string of the molecule is CC(=O)N1CCC[C@@H]1C(=O)NC1CCN(C(=O)[C@@H]2CCCN2C(=O)CCc2csc(N)n2)CC1. The van der Waals surface area contributed by atoms with E-state index in [0.717, 1.165) is 18.5 Å². The van der Waals surface area contributed by atoms with Crippen LogP contribution in [0.1, 0.15) is 57.6 Å². The van der Waals surface area contributed by atoms with Gasteiger partial charge in [-0.2, -0.15) is 0 Å². The summed E-state index contributed by atoms with van der Waals surface area (Å²) in [7, 11) is 0. The molecule has 3 aliphatic heterocycles. The molecule has 3 fully saturated rings. The number of nitrogen functional groups attached to an aromatic ring is 1. The van der Waals surface area contributed by atoms with E-state index in [4.69, 9.17) is 5.73 Å². The number of carbonyl (C=O) groups is 4. The Morgan fingerprint density at radius 1 is 1.03 bits per heavy atom. The third-order valence-electron chi connectivity index (χ3n) is 7.14. The minimum absolute atomic E-state index is 0.00202. The Labute approximate surface area is 203 Å². The first-order chi connectivity index (χ1) is 16.3. The molecule has 2 atom stereocenters. The molecule has 4 rings (SSSR count). The lowest BCUT2D eigenvalue weighted by Gasteiger charge is -2.36. The number of rotatable bonds is 6. The minimum atomic E-state index is -0.401. The summed E-state index contributed by atoms with van der Waals surface area (Å²) in [6, 6.07) is -0.782. The smallest absolute Gasteiger partial charge is 0.245 e. The van der Waals surface area contributed by atoms with E-state index in [2.05, 4.69) is 10.3 Å². The molecular formula is C23H34N6O4S. The van der Waals surface area contributed by atoms with Gasteiger partial charge in [0.1, 0.15) is 12.1 Å². The predicted molar refractivity (Wildman–Crippen MR) is 128 cm³/mol. The number of piperidine rings is 1. The summed E-state index contributed by atoms with van der Waals surface area (Å²) in [4.78, 5) is 59.9. The van der Waals surface area contributed by atoms with E-state index < -0.39 is 6.04 Å². The van der Waals surface area contributed by atoms with Gasteiger partial charge >= 0.3 is 0 Å². The van der Waals surface area contributed by atoms with Crippen molar-refractivity contribution in [2.45, 2.75) is 76.4 Å². The van der Waals surface area contributed by atoms with Crippen molar-refractivity contribution in [3.63, 3.8) is 0 Å². The normalized spacial score (nSPS) is 23.4. The average Bonchev–Trinajstić information content (AvgIpc) is 3.57. The Morgan fingerprint density at radius 2 is 1.71 bits per heavy atom. The van der Waals surface area contributed by atoms with Gasteiger partial charge in [-0.05, 0) is 44.9 Å². The van der Waals surface area contributed by atoms with Crippen LogP contribution < -0.4 is 11.1 Å². The van der Waals surface area contributed by atoms with Crippen molar-refractivity contribution in [2.24, 2.45) is 0 Å². The van der Waals surface area contributed by atoms with Gasteiger partial charge in [0.25, 0.3) is 0 Å². The monoisotopic (exact) mass is 490 g/mol. The van der Waals surface area contributed by atoms with Crippen LogP contribution in [0.5, 0.6) is 0 Å². The van der Waals surface area contributed by atoms with Gasteiger partial charge in [0.2, 0.25) is 23.6 Å². The first kappa shape index (κ1) is 24.4. The van der Waals surface area contributed by atoms with Gasteiger partial charge in [0, 0.05) is 50.9 Å². The average molecular weight is 491 g/mol. The van der Waals surface area contributed by atoms with Crippen LogP contribution in [0, 0.1) is 0 Å². The second-order valence-corrected chi connectivity index (χ2v) is 10.3. The number of hydrogen-bond acceptors (Lipinski definition) is 7. The second-order valence-electron chi connectivity index (χ2n) is 9.40. The molecule has 0 unspecified atom stereocenters. The lowest BCUT2D eigenvalue weighted by molar-refractivity contribution is -0.144. The number of amides is 4. The van der Waals surface area contributed by atoms with E-state index in [1.54, 1.807) is 9.80 Å². The number of hydrogen-bond donors (Lipinski definition) is 2. The van der Waals surface area contributed by atoms with Gasteiger partial charge in [0.05, 0.1) is 5.69 Å². The van der Waals surface area contributed by atoms with Gasteiger partial charge in [-0.3, -0.25) is 19.2 Å². The number of nitrogens with two attached hydrogens (primary N) is 1. The molecule has 4 heterocycles. The molecule has 0 aromatic carbocycles. The van der Waals surface area contributed by atoms with Gasteiger partial charge in [0.15, 0.2) is 5.13 Å². The molecule has 0 aliphatic carbocycles. The van der Waals surface area contributed by atoms with Crippen LogP contribution in [-0.2, 0) is 25.6 Å². The zero-order valence-corrected chi connectivity index (χ0v) is 20.5. The maximum atomic E-state index is 13.2. The number of anilines is 1. The van der Waals surface area contributed by atoms with Crippen molar-refractivity contribution in [2.75, 3.05) is 31.9 Å². The standard InChI is InChI=1S/C23H34N6O4S/c1-15(30)28-10-2-4-18(28)21(32)25-16-8-12-27(13-9-16)22(33)19-5-3-11-29(19)20(31)7-6-17-14-34-23(24)26-17/h14,16,18-19H,2-13H2,1H3,(H2,24,26)(H,25,32)/t18-,19+/m1/s1. The molecular weight excluding hydrogens is 456 g/mol. The van der Waals surface area contributed by atoms with Crippen molar-refractivity contribution >= 4 is 40.1 Å². The molecule has 10 nitrogen and oxygen atoms in total. The molecule has 0 radical (unpaired) electrons. The zero-order chi connectivity index (χ0) is 24.2. The maximum Gasteiger partial charge on any atom is 0.245 e. The number of thiazole rings is 1. The second kappa shape index (κ2) is 10.7. The molecule has 3 N–H and O–H groups in total. The quantitative estimate of drug-likeness (QED) is 0.606. The van der Waals surface area contributed by atoms with Crippen LogP contribution in [0.4, 0.5) is 5.13 Å². The number of aryl methyl sites for hydroxylation is 1. The molecule has 186 valence electrons. The summed E-state index contributed by atoms with van der Waals surface area (Å²) in [5.41, 5.74) is 6.47. The summed E-state index contributed by atoms with van der Waals surface area (Å²) in [5.74, 6) is -0.167. The molecule has 0 bridgehead atoms. The van der Waals surface area contributed by atoms with E-state index in [1.807, 2.05) is 10.3 Å². The molecule has 11 heteroatoms. The first-order valence-electron chi connectivity index (χ1n) is 12.2. The fourth-order valence-corrected chi connectivity index (χ4v) is 5.90. The van der Waals surface area contributed by atoms with E-state index >= 15 is 0 Å². The summed E-state index contributed by atoms with van der Waals surface area (Å²) in [5, 5.41) is 5.45. The Balaban J connectivity index is 1.25. The number of carbonyl (C=O) groups excluding carboxylic acids is 4. The van der Waals surface area contributed by atoms with Crippen molar-refractivity contribution in [1.29, 1.82) is 0 Å². The molecule has 4 amide bonds. The Kier molecular flexibility index (Phi) is 7.70. The van der Waals surface area contributed by atoms with Gasteiger partial charge in [-0.15, -0.1) is 11.3 Å². The molecule has 1 aromatic rings. The van der Waals surface area contributed by atoms with Gasteiger partial charge in [-0.25, -0.2) is 4.98 Å². The highest BCUT2D eigenvalue weighted by molar-refractivity contribution is 7.13. The van der Waals surface area contributed by atoms with Gasteiger partial charge < -0.3 is 25.8 Å². The summed E-state index contributed by atoms with van der Waals surface area (Å²) in [6.07, 6.45) is 5.26. The summed E-state index contributed by atoms with van der Waals surface area (Å²) >= 11 is 1.36.